The molecule has 3 aromatic rings. The molecule has 0 aromatic carbocycles. The lowest BCUT2D eigenvalue weighted by molar-refractivity contribution is 1.05. The quantitative estimate of drug-likeness (QED) is 0.634. The highest BCUT2D eigenvalue weighted by Gasteiger charge is 2.09. The second-order valence-electron chi connectivity index (χ2n) is 3.28. The SMILES string of the molecule is O=c1[nH]c(=O)c2c(cc(Br)c3nccn32)[nH]1. The topological polar surface area (TPSA) is 83.0 Å². The summed E-state index contributed by atoms with van der Waals surface area (Å²) >= 11 is 3.33. The van der Waals surface area contributed by atoms with E-state index in [1.54, 1.807) is 22.9 Å². The molecule has 0 unspecified atom stereocenters. The molecular formula is C9H5BrN4O2. The molecule has 0 bridgehead atoms. The molecule has 7 heteroatoms. The number of hydrogen-bond acceptors (Lipinski definition) is 3. The number of rotatable bonds is 0. The molecule has 0 aliphatic heterocycles. The third-order valence-corrected chi connectivity index (χ3v) is 2.90. The first-order valence-corrected chi connectivity index (χ1v) is 5.24. The Bertz CT molecular complexity index is 814. The van der Waals surface area contributed by atoms with Gasteiger partial charge >= 0.3 is 5.69 Å². The van der Waals surface area contributed by atoms with Crippen LogP contribution in [0, 0.1) is 0 Å². The predicted molar refractivity (Wildman–Crippen MR) is 61.6 cm³/mol. The van der Waals surface area contributed by atoms with Crippen LogP contribution in [0.5, 0.6) is 0 Å². The van der Waals surface area contributed by atoms with E-state index in [0.29, 0.717) is 21.2 Å². The summed E-state index contributed by atoms with van der Waals surface area (Å²) < 4.78 is 2.33. The fourth-order valence-corrected chi connectivity index (χ4v) is 2.22. The van der Waals surface area contributed by atoms with Gasteiger partial charge in [0.2, 0.25) is 0 Å². The predicted octanol–water partition coefficient (Wildman–Crippen LogP) is 0.627. The van der Waals surface area contributed by atoms with E-state index in [9.17, 15) is 9.59 Å². The lowest BCUT2D eigenvalue weighted by atomic mass is 10.3. The molecule has 3 rings (SSSR count). The summed E-state index contributed by atoms with van der Waals surface area (Å²) in [6.45, 7) is 0. The summed E-state index contributed by atoms with van der Waals surface area (Å²) in [6, 6.07) is 1.66. The van der Waals surface area contributed by atoms with E-state index in [-0.39, 0.29) is 0 Å². The first-order chi connectivity index (χ1) is 7.66. The molecule has 3 aromatic heterocycles. The molecule has 80 valence electrons. The van der Waals surface area contributed by atoms with Crippen LogP contribution in [0.2, 0.25) is 0 Å². The van der Waals surface area contributed by atoms with Gasteiger partial charge in [0.15, 0.2) is 5.65 Å². The van der Waals surface area contributed by atoms with Crippen molar-refractivity contribution in [3.8, 4) is 0 Å². The van der Waals surface area contributed by atoms with Crippen LogP contribution in [0.15, 0.2) is 32.5 Å². The molecule has 0 spiro atoms. The number of imidazole rings is 1. The van der Waals surface area contributed by atoms with Crippen molar-refractivity contribution >= 4 is 32.6 Å². The van der Waals surface area contributed by atoms with Crippen LogP contribution in [-0.4, -0.2) is 19.4 Å². The second-order valence-corrected chi connectivity index (χ2v) is 4.14. The van der Waals surface area contributed by atoms with Crippen LogP contribution in [0.1, 0.15) is 0 Å². The van der Waals surface area contributed by atoms with Crippen molar-refractivity contribution in [2.24, 2.45) is 0 Å². The Hall–Kier alpha value is -1.89. The van der Waals surface area contributed by atoms with Crippen molar-refractivity contribution < 1.29 is 0 Å². The molecule has 0 atom stereocenters. The number of pyridine rings is 1. The number of nitrogens with one attached hydrogen (secondary N) is 2. The van der Waals surface area contributed by atoms with E-state index < -0.39 is 11.2 Å². The molecular weight excluding hydrogens is 276 g/mol. The van der Waals surface area contributed by atoms with Gasteiger partial charge in [-0.05, 0) is 22.0 Å². The van der Waals surface area contributed by atoms with E-state index >= 15 is 0 Å². The number of aromatic nitrogens is 4. The van der Waals surface area contributed by atoms with Crippen LogP contribution in [0.3, 0.4) is 0 Å². The number of H-pyrrole nitrogens is 2. The van der Waals surface area contributed by atoms with Crippen LogP contribution in [0.25, 0.3) is 16.7 Å². The van der Waals surface area contributed by atoms with Gasteiger partial charge in [0, 0.05) is 12.4 Å². The van der Waals surface area contributed by atoms with Crippen molar-refractivity contribution in [2.75, 3.05) is 0 Å². The highest BCUT2D eigenvalue weighted by molar-refractivity contribution is 9.10. The van der Waals surface area contributed by atoms with Crippen molar-refractivity contribution in [1.29, 1.82) is 0 Å². The molecule has 0 saturated carbocycles. The molecule has 0 aliphatic rings. The van der Waals surface area contributed by atoms with Gasteiger partial charge in [-0.25, -0.2) is 9.78 Å². The Morgan fingerprint density at radius 2 is 2.12 bits per heavy atom. The first kappa shape index (κ1) is 9.34. The zero-order chi connectivity index (χ0) is 11.3. The van der Waals surface area contributed by atoms with Gasteiger partial charge in [0.05, 0.1) is 9.99 Å². The summed E-state index contributed by atoms with van der Waals surface area (Å²) in [5.41, 5.74) is 0.504. The number of hydrogen-bond donors (Lipinski definition) is 2. The van der Waals surface area contributed by atoms with Crippen molar-refractivity contribution in [2.45, 2.75) is 0 Å². The molecule has 0 amide bonds. The van der Waals surface area contributed by atoms with Gasteiger partial charge < -0.3 is 4.98 Å². The van der Waals surface area contributed by atoms with E-state index in [2.05, 4.69) is 30.9 Å². The number of nitrogens with zero attached hydrogens (tertiary/aromatic N) is 2. The molecule has 6 nitrogen and oxygen atoms in total. The number of aromatic amines is 2. The van der Waals surface area contributed by atoms with Crippen molar-refractivity contribution in [3.05, 3.63) is 43.8 Å². The molecule has 0 fully saturated rings. The fraction of sp³-hybridized carbons (Fsp3) is 0. The average Bonchev–Trinajstić information content (AvgIpc) is 2.65. The summed E-state index contributed by atoms with van der Waals surface area (Å²) in [5.74, 6) is 0. The third kappa shape index (κ3) is 1.15. The molecule has 0 aliphatic carbocycles. The maximum Gasteiger partial charge on any atom is 0.326 e. The van der Waals surface area contributed by atoms with Crippen LogP contribution in [0.4, 0.5) is 0 Å². The lowest BCUT2D eigenvalue weighted by Gasteiger charge is -2.02. The summed E-state index contributed by atoms with van der Waals surface area (Å²) in [6.07, 6.45) is 3.25. The highest BCUT2D eigenvalue weighted by Crippen LogP contribution is 2.20. The summed E-state index contributed by atoms with van der Waals surface area (Å²) in [7, 11) is 0. The van der Waals surface area contributed by atoms with E-state index in [4.69, 9.17) is 0 Å². The standard InChI is InChI=1S/C9H5BrN4O2/c10-4-3-5-6(8(15)13-9(16)12-5)14-2-1-11-7(4)14/h1-3H,(H2,12,13,15,16). The maximum atomic E-state index is 11.7. The van der Waals surface area contributed by atoms with Gasteiger partial charge in [-0.2, -0.15) is 0 Å². The van der Waals surface area contributed by atoms with E-state index in [1.807, 2.05) is 0 Å². The van der Waals surface area contributed by atoms with Gasteiger partial charge in [-0.3, -0.25) is 14.2 Å². The Labute approximate surface area is 96.1 Å². The zero-order valence-corrected chi connectivity index (χ0v) is 9.41. The molecule has 16 heavy (non-hydrogen) atoms. The number of fused-ring (bicyclic) bond motifs is 3. The smallest absolute Gasteiger partial charge is 0.305 e. The van der Waals surface area contributed by atoms with E-state index in [0.717, 1.165) is 0 Å². The first-order valence-electron chi connectivity index (χ1n) is 4.45. The minimum absolute atomic E-state index is 0.371. The molecule has 3 heterocycles. The van der Waals surface area contributed by atoms with Crippen LogP contribution < -0.4 is 11.2 Å². The number of halogens is 1. The van der Waals surface area contributed by atoms with Gasteiger partial charge in [-0.15, -0.1) is 0 Å². The fourth-order valence-electron chi connectivity index (χ4n) is 1.69. The van der Waals surface area contributed by atoms with Crippen LogP contribution >= 0.6 is 15.9 Å². The zero-order valence-electron chi connectivity index (χ0n) is 7.82. The normalized spacial score (nSPS) is 11.3. The second kappa shape index (κ2) is 3.05. The Balaban J connectivity index is 2.75. The Kier molecular flexibility index (Phi) is 1.78. The minimum atomic E-state index is -0.524. The Morgan fingerprint density at radius 1 is 1.31 bits per heavy atom. The minimum Gasteiger partial charge on any atom is -0.305 e. The lowest BCUT2D eigenvalue weighted by Crippen LogP contribution is -2.23. The monoisotopic (exact) mass is 280 g/mol. The van der Waals surface area contributed by atoms with Gasteiger partial charge in [-0.1, -0.05) is 0 Å². The van der Waals surface area contributed by atoms with Crippen LogP contribution in [-0.2, 0) is 0 Å². The molecule has 0 radical (unpaired) electrons. The third-order valence-electron chi connectivity index (χ3n) is 2.31. The average molecular weight is 281 g/mol. The van der Waals surface area contributed by atoms with Crippen molar-refractivity contribution in [1.82, 2.24) is 19.4 Å². The molecule has 0 saturated heterocycles. The summed E-state index contributed by atoms with van der Waals surface area (Å²) in [5, 5.41) is 0. The van der Waals surface area contributed by atoms with Crippen molar-refractivity contribution in [3.63, 3.8) is 0 Å². The van der Waals surface area contributed by atoms with Gasteiger partial charge in [0.1, 0.15) is 5.52 Å². The Morgan fingerprint density at radius 3 is 2.94 bits per heavy atom. The van der Waals surface area contributed by atoms with E-state index in [1.165, 1.54) is 0 Å². The maximum absolute atomic E-state index is 11.7. The summed E-state index contributed by atoms with van der Waals surface area (Å²) in [4.78, 5) is 31.7. The molecule has 2 N–H and O–H groups in total. The van der Waals surface area contributed by atoms with Gasteiger partial charge in [0.25, 0.3) is 5.56 Å². The highest BCUT2D eigenvalue weighted by atomic mass is 79.9. The largest absolute Gasteiger partial charge is 0.326 e.